The zero-order chi connectivity index (χ0) is 31.2. The molecule has 0 aromatic heterocycles. The molecule has 0 aliphatic carbocycles. The van der Waals surface area contributed by atoms with Crippen LogP contribution in [0.4, 0.5) is 0 Å². The van der Waals surface area contributed by atoms with Gasteiger partial charge in [-0.1, -0.05) is 124 Å². The van der Waals surface area contributed by atoms with E-state index in [-0.39, 0.29) is 18.4 Å². The Kier molecular flexibility index (Phi) is 22.9. The van der Waals surface area contributed by atoms with Crippen LogP contribution in [0.1, 0.15) is 143 Å². The summed E-state index contributed by atoms with van der Waals surface area (Å²) in [6, 6.07) is -0.729. The highest BCUT2D eigenvalue weighted by molar-refractivity contribution is 5.76. The van der Waals surface area contributed by atoms with Gasteiger partial charge in [0.2, 0.25) is 5.91 Å². The third-order valence-corrected chi connectivity index (χ3v) is 8.65. The second-order valence-corrected chi connectivity index (χ2v) is 12.5. The fraction of sp³-hybridized carbons (Fsp3) is 0.970. The van der Waals surface area contributed by atoms with Gasteiger partial charge in [0.25, 0.3) is 0 Å². The van der Waals surface area contributed by atoms with E-state index >= 15 is 0 Å². The van der Waals surface area contributed by atoms with Crippen molar-refractivity contribution in [2.75, 3.05) is 13.2 Å². The molecule has 9 nitrogen and oxygen atoms in total. The lowest BCUT2D eigenvalue weighted by Gasteiger charge is -2.40. The predicted octanol–water partition coefficient (Wildman–Crippen LogP) is 4.74. The summed E-state index contributed by atoms with van der Waals surface area (Å²) in [5, 5.41) is 54.0. The van der Waals surface area contributed by atoms with Crippen molar-refractivity contribution >= 4 is 5.91 Å². The number of nitrogens with one attached hydrogen (secondary N) is 1. The third kappa shape index (κ3) is 16.3. The van der Waals surface area contributed by atoms with Crippen molar-refractivity contribution in [2.24, 2.45) is 5.92 Å². The number of ether oxygens (including phenoxy) is 2. The highest BCUT2D eigenvalue weighted by Gasteiger charge is 2.44. The monoisotopic (exact) mass is 603 g/mol. The normalized spacial score (nSPS) is 24.8. The van der Waals surface area contributed by atoms with Crippen LogP contribution in [0.25, 0.3) is 0 Å². The van der Waals surface area contributed by atoms with Gasteiger partial charge in [0, 0.05) is 6.42 Å². The molecule has 8 atom stereocenters. The van der Waals surface area contributed by atoms with Crippen LogP contribution in [0.2, 0.25) is 0 Å². The first-order valence-electron chi connectivity index (χ1n) is 17.2. The van der Waals surface area contributed by atoms with Crippen LogP contribution in [-0.4, -0.2) is 87.5 Å². The Morgan fingerprint density at radius 2 is 1.26 bits per heavy atom. The van der Waals surface area contributed by atoms with Crippen LogP contribution in [0, 0.1) is 5.92 Å². The van der Waals surface area contributed by atoms with Gasteiger partial charge in [0.05, 0.1) is 25.4 Å². The molecular formula is C33H65NO8. The minimum Gasteiger partial charge on any atom is -0.394 e. The summed E-state index contributed by atoms with van der Waals surface area (Å²) in [4.78, 5) is 12.7. The number of aliphatic hydroxyl groups is 5. The van der Waals surface area contributed by atoms with Crippen LogP contribution in [0.15, 0.2) is 0 Å². The molecule has 250 valence electrons. The van der Waals surface area contributed by atoms with E-state index in [2.05, 4.69) is 19.2 Å². The molecule has 1 rings (SSSR count). The number of hydrogen-bond donors (Lipinski definition) is 6. The first kappa shape index (κ1) is 39.2. The van der Waals surface area contributed by atoms with Crippen LogP contribution < -0.4 is 5.32 Å². The Labute approximate surface area is 255 Å². The molecule has 1 aliphatic rings. The standard InChI is InChI=1S/C33H65NO8/c1-4-6-8-10-11-12-13-14-15-16-18-19-21-25(3)29(37)26(34-28(36)22-20-17-9-7-5-2)24-41-33-32(40)31(39)30(38)27(23-35)42-33/h25-27,29-33,35,37-40H,4-24H2,1-3H3,(H,34,36)/t25-,26+,27?,29?,30?,31?,32?,33?/m1/s1. The maximum atomic E-state index is 12.7. The number of carbonyl (C=O) groups is 1. The summed E-state index contributed by atoms with van der Waals surface area (Å²) >= 11 is 0. The first-order valence-corrected chi connectivity index (χ1v) is 17.2. The largest absolute Gasteiger partial charge is 0.394 e. The van der Waals surface area contributed by atoms with Crippen molar-refractivity contribution < 1.29 is 39.8 Å². The Bertz CT molecular complexity index is 652. The molecule has 0 aromatic rings. The van der Waals surface area contributed by atoms with E-state index in [1.165, 1.54) is 64.2 Å². The van der Waals surface area contributed by atoms with Gasteiger partial charge in [-0.3, -0.25) is 4.79 Å². The lowest BCUT2D eigenvalue weighted by Crippen LogP contribution is -2.60. The van der Waals surface area contributed by atoms with Crippen molar-refractivity contribution in [2.45, 2.75) is 186 Å². The van der Waals surface area contributed by atoms with E-state index in [0.717, 1.165) is 51.4 Å². The van der Waals surface area contributed by atoms with E-state index in [9.17, 15) is 30.3 Å². The molecule has 1 amide bonds. The van der Waals surface area contributed by atoms with E-state index in [4.69, 9.17) is 9.47 Å². The average Bonchev–Trinajstić information content (AvgIpc) is 2.98. The Balaban J connectivity index is 2.52. The fourth-order valence-electron chi connectivity index (χ4n) is 5.67. The Morgan fingerprint density at radius 3 is 1.79 bits per heavy atom. The smallest absolute Gasteiger partial charge is 0.220 e. The van der Waals surface area contributed by atoms with Gasteiger partial charge in [-0.2, -0.15) is 0 Å². The van der Waals surface area contributed by atoms with E-state index in [0.29, 0.717) is 6.42 Å². The molecule has 6 unspecified atom stereocenters. The minimum atomic E-state index is -1.55. The molecule has 1 heterocycles. The summed E-state index contributed by atoms with van der Waals surface area (Å²) in [7, 11) is 0. The van der Waals surface area contributed by atoms with Gasteiger partial charge in [-0.05, 0) is 18.8 Å². The zero-order valence-electron chi connectivity index (χ0n) is 26.9. The number of carbonyl (C=O) groups excluding carboxylic acids is 1. The summed E-state index contributed by atoms with van der Waals surface area (Å²) in [5.41, 5.74) is 0. The second kappa shape index (κ2) is 24.5. The number of aliphatic hydroxyl groups excluding tert-OH is 5. The van der Waals surface area contributed by atoms with Crippen molar-refractivity contribution in [3.8, 4) is 0 Å². The summed E-state index contributed by atoms with van der Waals surface area (Å²) in [5.74, 6) is -0.244. The van der Waals surface area contributed by atoms with Gasteiger partial charge in [-0.25, -0.2) is 0 Å². The maximum Gasteiger partial charge on any atom is 0.220 e. The van der Waals surface area contributed by atoms with E-state index in [1.54, 1.807) is 0 Å². The van der Waals surface area contributed by atoms with Crippen molar-refractivity contribution in [1.82, 2.24) is 5.32 Å². The minimum absolute atomic E-state index is 0.0821. The molecule has 1 saturated heterocycles. The van der Waals surface area contributed by atoms with E-state index in [1.807, 2.05) is 6.92 Å². The first-order chi connectivity index (χ1) is 20.3. The van der Waals surface area contributed by atoms with Gasteiger partial charge in [0.15, 0.2) is 6.29 Å². The molecule has 1 fully saturated rings. The van der Waals surface area contributed by atoms with Gasteiger partial charge < -0.3 is 40.3 Å². The fourth-order valence-corrected chi connectivity index (χ4v) is 5.67. The Morgan fingerprint density at radius 1 is 0.762 bits per heavy atom. The van der Waals surface area contributed by atoms with Gasteiger partial charge in [0.1, 0.15) is 24.4 Å². The molecule has 0 saturated carbocycles. The summed E-state index contributed by atoms with van der Waals surface area (Å²) in [6.07, 6.45) is 13.7. The highest BCUT2D eigenvalue weighted by atomic mass is 16.7. The molecular weight excluding hydrogens is 538 g/mol. The highest BCUT2D eigenvalue weighted by Crippen LogP contribution is 2.24. The summed E-state index contributed by atoms with van der Waals surface area (Å²) < 4.78 is 11.2. The molecule has 9 heteroatoms. The zero-order valence-corrected chi connectivity index (χ0v) is 26.9. The van der Waals surface area contributed by atoms with Gasteiger partial charge in [-0.15, -0.1) is 0 Å². The van der Waals surface area contributed by atoms with Crippen LogP contribution in [0.3, 0.4) is 0 Å². The SMILES string of the molecule is CCCCCCCCCCCCCC[C@@H](C)C(O)[C@H](COC1OC(CO)C(O)C(O)C1O)NC(=O)CCCCCCC. The molecule has 0 radical (unpaired) electrons. The molecule has 6 N–H and O–H groups in total. The summed E-state index contributed by atoms with van der Waals surface area (Å²) in [6.45, 7) is 5.67. The number of rotatable bonds is 26. The molecule has 42 heavy (non-hydrogen) atoms. The molecule has 1 aliphatic heterocycles. The van der Waals surface area contributed by atoms with Gasteiger partial charge >= 0.3 is 0 Å². The number of amides is 1. The van der Waals surface area contributed by atoms with Crippen molar-refractivity contribution in [3.05, 3.63) is 0 Å². The van der Waals surface area contributed by atoms with E-state index < -0.39 is 49.5 Å². The van der Waals surface area contributed by atoms with Crippen LogP contribution in [0.5, 0.6) is 0 Å². The molecule has 0 spiro atoms. The predicted molar refractivity (Wildman–Crippen MR) is 166 cm³/mol. The molecule has 0 aromatic carbocycles. The van der Waals surface area contributed by atoms with Crippen molar-refractivity contribution in [1.29, 1.82) is 0 Å². The van der Waals surface area contributed by atoms with Crippen LogP contribution in [-0.2, 0) is 14.3 Å². The topological polar surface area (TPSA) is 149 Å². The second-order valence-electron chi connectivity index (χ2n) is 12.5. The lowest BCUT2D eigenvalue weighted by atomic mass is 9.92. The number of unbranched alkanes of at least 4 members (excludes halogenated alkanes) is 15. The lowest BCUT2D eigenvalue weighted by molar-refractivity contribution is -0.303. The quantitative estimate of drug-likeness (QED) is 0.0777. The average molecular weight is 604 g/mol. The number of hydrogen-bond acceptors (Lipinski definition) is 8. The Hall–Kier alpha value is -0.810. The third-order valence-electron chi connectivity index (χ3n) is 8.65. The van der Waals surface area contributed by atoms with Crippen molar-refractivity contribution in [3.63, 3.8) is 0 Å². The maximum absolute atomic E-state index is 12.7. The van der Waals surface area contributed by atoms with Crippen LogP contribution >= 0.6 is 0 Å². The molecule has 0 bridgehead atoms.